The maximum absolute atomic E-state index is 12.2. The summed E-state index contributed by atoms with van der Waals surface area (Å²) in [5, 5.41) is 39.5. The number of aliphatic hydroxyl groups excluding tert-OH is 4. The Kier molecular flexibility index (Phi) is 26.7. The van der Waals surface area contributed by atoms with Gasteiger partial charge in [-0.25, -0.2) is 0 Å². The Bertz CT molecular complexity index is 742. The molecule has 1 fully saturated rings. The summed E-state index contributed by atoms with van der Waals surface area (Å²) in [5.74, 6) is -0.351. The van der Waals surface area contributed by atoms with E-state index in [9.17, 15) is 25.2 Å². The second-order valence-electron chi connectivity index (χ2n) is 12.3. The van der Waals surface area contributed by atoms with E-state index in [0.717, 1.165) is 32.1 Å². The quantitative estimate of drug-likeness (QED) is 0.0421. The molecular weight excluding hydrogens is 576 g/mol. The normalized spacial score (nSPS) is 22.8. The van der Waals surface area contributed by atoms with Crippen molar-refractivity contribution in [2.24, 2.45) is 0 Å². The van der Waals surface area contributed by atoms with Crippen molar-refractivity contribution in [2.75, 3.05) is 26.4 Å². The molecule has 45 heavy (non-hydrogen) atoms. The Morgan fingerprint density at radius 3 is 1.89 bits per heavy atom. The van der Waals surface area contributed by atoms with Gasteiger partial charge in [0.2, 0.25) is 0 Å². The molecule has 0 saturated carbocycles. The fourth-order valence-electron chi connectivity index (χ4n) is 5.20. The zero-order valence-electron chi connectivity index (χ0n) is 28.4. The molecule has 1 aliphatic rings. The molecule has 0 aromatic rings. The molecule has 1 saturated heterocycles. The van der Waals surface area contributed by atoms with Crippen LogP contribution in [0.25, 0.3) is 0 Å². The van der Waals surface area contributed by atoms with Crippen molar-refractivity contribution in [2.45, 2.75) is 173 Å². The van der Waals surface area contributed by atoms with Crippen molar-refractivity contribution >= 4 is 5.97 Å². The number of aliphatic hydroxyl groups is 4. The summed E-state index contributed by atoms with van der Waals surface area (Å²) in [7, 11) is 0. The SMILES string of the molecule is CCCCC/C=C\C/C=C\CCCCCCCCCCCCOCC(COC1OC(CO)C(O)C(O)C1O)OC(=O)CCCC. The predicted octanol–water partition coefficient (Wildman–Crippen LogP) is 6.30. The molecule has 0 spiro atoms. The van der Waals surface area contributed by atoms with E-state index in [1.54, 1.807) is 0 Å². The monoisotopic (exact) mass is 642 g/mol. The van der Waals surface area contributed by atoms with E-state index in [2.05, 4.69) is 31.2 Å². The Hall–Kier alpha value is -1.33. The predicted molar refractivity (Wildman–Crippen MR) is 178 cm³/mol. The maximum Gasteiger partial charge on any atom is 0.306 e. The lowest BCUT2D eigenvalue weighted by Gasteiger charge is -2.39. The van der Waals surface area contributed by atoms with E-state index in [1.807, 2.05) is 6.92 Å². The van der Waals surface area contributed by atoms with Gasteiger partial charge in [0.1, 0.15) is 30.5 Å². The van der Waals surface area contributed by atoms with Crippen molar-refractivity contribution < 1.29 is 44.2 Å². The molecule has 4 N–H and O–H groups in total. The first-order valence-corrected chi connectivity index (χ1v) is 17.9. The number of ether oxygens (including phenoxy) is 4. The number of allylic oxidation sites excluding steroid dienone is 4. The lowest BCUT2D eigenvalue weighted by Crippen LogP contribution is -2.59. The number of hydrogen-bond acceptors (Lipinski definition) is 9. The summed E-state index contributed by atoms with van der Waals surface area (Å²) >= 11 is 0. The minimum Gasteiger partial charge on any atom is -0.457 e. The average molecular weight is 643 g/mol. The van der Waals surface area contributed by atoms with E-state index < -0.39 is 43.4 Å². The van der Waals surface area contributed by atoms with E-state index >= 15 is 0 Å². The van der Waals surface area contributed by atoms with Gasteiger partial charge in [-0.2, -0.15) is 0 Å². The van der Waals surface area contributed by atoms with Crippen molar-refractivity contribution in [3.05, 3.63) is 24.3 Å². The zero-order valence-corrected chi connectivity index (χ0v) is 28.4. The molecule has 0 radical (unpaired) electrons. The van der Waals surface area contributed by atoms with Crippen LogP contribution >= 0.6 is 0 Å². The smallest absolute Gasteiger partial charge is 0.306 e. The molecule has 0 aromatic carbocycles. The van der Waals surface area contributed by atoms with Gasteiger partial charge in [0.25, 0.3) is 0 Å². The highest BCUT2D eigenvalue weighted by molar-refractivity contribution is 5.69. The molecule has 0 aromatic heterocycles. The molecule has 0 aliphatic carbocycles. The number of rotatable bonds is 29. The topological polar surface area (TPSA) is 135 Å². The molecule has 0 amide bonds. The Balaban J connectivity index is 2.11. The van der Waals surface area contributed by atoms with Crippen LogP contribution in [0.2, 0.25) is 0 Å². The van der Waals surface area contributed by atoms with Gasteiger partial charge >= 0.3 is 5.97 Å². The number of carbonyl (C=O) groups is 1. The Labute approximate surface area is 273 Å². The van der Waals surface area contributed by atoms with Crippen LogP contribution in [-0.2, 0) is 23.7 Å². The standard InChI is InChI=1S/C36H66O9/c1-3-5-7-8-9-10-11-12-13-14-15-16-17-18-19-20-21-22-23-24-26-42-28-30(44-32(38)25-6-4-2)29-43-36-35(41)34(40)33(39)31(27-37)45-36/h9-10,12-13,30-31,33-37,39-41H,3-8,11,14-29H2,1-2H3/b10-9-,13-12-. The molecule has 0 bridgehead atoms. The van der Waals surface area contributed by atoms with Crippen LogP contribution in [0.3, 0.4) is 0 Å². The molecule has 6 unspecified atom stereocenters. The summed E-state index contributed by atoms with van der Waals surface area (Å²) in [6, 6.07) is 0. The first-order chi connectivity index (χ1) is 21.9. The zero-order chi connectivity index (χ0) is 33.0. The molecule has 6 atom stereocenters. The molecule has 1 aliphatic heterocycles. The Morgan fingerprint density at radius 2 is 1.29 bits per heavy atom. The van der Waals surface area contributed by atoms with Crippen LogP contribution in [0.5, 0.6) is 0 Å². The summed E-state index contributed by atoms with van der Waals surface area (Å²) in [6.07, 6.45) is 23.2. The van der Waals surface area contributed by atoms with Crippen LogP contribution in [0, 0.1) is 0 Å². The van der Waals surface area contributed by atoms with Crippen LogP contribution in [0.4, 0.5) is 0 Å². The summed E-state index contributed by atoms with van der Waals surface area (Å²) in [6.45, 7) is 4.26. The summed E-state index contributed by atoms with van der Waals surface area (Å²) in [5.41, 5.74) is 0. The van der Waals surface area contributed by atoms with Gasteiger partial charge in [0.15, 0.2) is 6.29 Å². The molecule has 1 rings (SSSR count). The van der Waals surface area contributed by atoms with Crippen LogP contribution in [0.15, 0.2) is 24.3 Å². The molecule has 264 valence electrons. The van der Waals surface area contributed by atoms with E-state index in [1.165, 1.54) is 83.5 Å². The lowest BCUT2D eigenvalue weighted by molar-refractivity contribution is -0.305. The van der Waals surface area contributed by atoms with Crippen molar-refractivity contribution in [3.63, 3.8) is 0 Å². The second kappa shape index (κ2) is 28.9. The van der Waals surface area contributed by atoms with Gasteiger partial charge < -0.3 is 39.4 Å². The summed E-state index contributed by atoms with van der Waals surface area (Å²) in [4.78, 5) is 12.2. The fourth-order valence-corrected chi connectivity index (χ4v) is 5.20. The van der Waals surface area contributed by atoms with Gasteiger partial charge in [-0.1, -0.05) is 109 Å². The second-order valence-corrected chi connectivity index (χ2v) is 12.3. The highest BCUT2D eigenvalue weighted by Gasteiger charge is 2.44. The van der Waals surface area contributed by atoms with Crippen LogP contribution < -0.4 is 0 Å². The van der Waals surface area contributed by atoms with Crippen LogP contribution in [0.1, 0.15) is 136 Å². The highest BCUT2D eigenvalue weighted by atomic mass is 16.7. The molecular formula is C36H66O9. The van der Waals surface area contributed by atoms with Gasteiger partial charge in [-0.3, -0.25) is 4.79 Å². The van der Waals surface area contributed by atoms with E-state index in [-0.39, 0.29) is 19.2 Å². The van der Waals surface area contributed by atoms with Crippen molar-refractivity contribution in [1.29, 1.82) is 0 Å². The van der Waals surface area contributed by atoms with Gasteiger partial charge in [-0.05, 0) is 44.9 Å². The number of unbranched alkanes of at least 4 members (excludes halogenated alkanes) is 14. The summed E-state index contributed by atoms with van der Waals surface area (Å²) < 4.78 is 22.3. The highest BCUT2D eigenvalue weighted by Crippen LogP contribution is 2.22. The van der Waals surface area contributed by atoms with Gasteiger partial charge in [-0.15, -0.1) is 0 Å². The fraction of sp³-hybridized carbons (Fsp3) is 0.861. The number of carbonyl (C=O) groups excluding carboxylic acids is 1. The van der Waals surface area contributed by atoms with Crippen molar-refractivity contribution in [1.82, 2.24) is 0 Å². The minimum atomic E-state index is -1.53. The van der Waals surface area contributed by atoms with Gasteiger partial charge in [0.05, 0.1) is 19.8 Å². The third-order valence-electron chi connectivity index (χ3n) is 8.12. The molecule has 9 nitrogen and oxygen atoms in total. The average Bonchev–Trinajstić information content (AvgIpc) is 3.04. The third kappa shape index (κ3) is 21.2. The van der Waals surface area contributed by atoms with Gasteiger partial charge in [0, 0.05) is 13.0 Å². The number of esters is 1. The first kappa shape index (κ1) is 41.7. The maximum atomic E-state index is 12.2. The largest absolute Gasteiger partial charge is 0.457 e. The third-order valence-corrected chi connectivity index (χ3v) is 8.12. The number of hydrogen-bond donors (Lipinski definition) is 4. The first-order valence-electron chi connectivity index (χ1n) is 17.9. The Morgan fingerprint density at radius 1 is 0.711 bits per heavy atom. The van der Waals surface area contributed by atoms with E-state index in [4.69, 9.17) is 18.9 Å². The van der Waals surface area contributed by atoms with Crippen molar-refractivity contribution in [3.8, 4) is 0 Å². The minimum absolute atomic E-state index is 0.117. The van der Waals surface area contributed by atoms with Crippen LogP contribution in [-0.4, -0.2) is 89.6 Å². The molecule has 9 heteroatoms. The van der Waals surface area contributed by atoms with E-state index in [0.29, 0.717) is 13.0 Å². The molecule has 1 heterocycles. The lowest BCUT2D eigenvalue weighted by atomic mass is 9.99.